The summed E-state index contributed by atoms with van der Waals surface area (Å²) in [5, 5.41) is 9.27. The number of hydrogen-bond acceptors (Lipinski definition) is 3. The van der Waals surface area contributed by atoms with Crippen LogP contribution in [0.4, 0.5) is 13.2 Å². The van der Waals surface area contributed by atoms with Crippen LogP contribution in [0.3, 0.4) is 0 Å². The molecule has 3 nitrogen and oxygen atoms in total. The number of nitrogens with zero attached hydrogens (tertiary/aromatic N) is 3. The third-order valence-electron chi connectivity index (χ3n) is 4.30. The van der Waals surface area contributed by atoms with E-state index in [1.54, 1.807) is 6.07 Å². The highest BCUT2D eigenvalue weighted by atomic mass is 32.2. The van der Waals surface area contributed by atoms with Crippen LogP contribution < -0.4 is 0 Å². The van der Waals surface area contributed by atoms with E-state index in [9.17, 15) is 13.2 Å². The molecule has 7 heteroatoms. The van der Waals surface area contributed by atoms with Crippen molar-refractivity contribution in [1.82, 2.24) is 14.8 Å². The summed E-state index contributed by atoms with van der Waals surface area (Å²) in [7, 11) is 0. The molecule has 0 aliphatic carbocycles. The van der Waals surface area contributed by atoms with Crippen molar-refractivity contribution in [2.24, 2.45) is 0 Å². The summed E-state index contributed by atoms with van der Waals surface area (Å²) in [4.78, 5) is 0. The Balaban J connectivity index is 1.67. The van der Waals surface area contributed by atoms with Crippen LogP contribution in [0.25, 0.3) is 17.1 Å². The maximum Gasteiger partial charge on any atom is 0.416 e. The van der Waals surface area contributed by atoms with Gasteiger partial charge < -0.3 is 0 Å². The maximum atomic E-state index is 13.0. The Morgan fingerprint density at radius 3 is 2.17 bits per heavy atom. The van der Waals surface area contributed by atoms with Crippen LogP contribution in [0, 0.1) is 0 Å². The van der Waals surface area contributed by atoms with Crippen LogP contribution in [-0.2, 0) is 11.9 Å². The zero-order valence-electron chi connectivity index (χ0n) is 15.2. The van der Waals surface area contributed by atoms with E-state index in [-0.39, 0.29) is 0 Å². The fraction of sp³-hybridized carbons (Fsp3) is 0.0909. The molecule has 1 aromatic heterocycles. The lowest BCUT2D eigenvalue weighted by atomic mass is 10.1. The van der Waals surface area contributed by atoms with Gasteiger partial charge in [0.05, 0.1) is 5.56 Å². The lowest BCUT2D eigenvalue weighted by Gasteiger charge is -2.11. The molecule has 4 rings (SSSR count). The predicted molar refractivity (Wildman–Crippen MR) is 108 cm³/mol. The highest BCUT2D eigenvalue weighted by molar-refractivity contribution is 7.98. The summed E-state index contributed by atoms with van der Waals surface area (Å²) in [5.41, 5.74) is 1.73. The smallest absolute Gasteiger partial charge is 0.270 e. The summed E-state index contributed by atoms with van der Waals surface area (Å²) in [5.74, 6) is 1.03. The Hall–Kier alpha value is -3.06. The molecular weight excluding hydrogens is 395 g/mol. The number of benzene rings is 3. The standard InChI is InChI=1S/C22H16F3N3S/c23-22(24,25)18-11-7-8-16(14-18)15-29-21-27-26-20(17-9-3-1-4-10-17)28(21)19-12-5-2-6-13-19/h1-14H,15H2. The Morgan fingerprint density at radius 1 is 0.793 bits per heavy atom. The second kappa shape index (κ2) is 8.13. The fourth-order valence-electron chi connectivity index (χ4n) is 2.93. The van der Waals surface area contributed by atoms with Gasteiger partial charge in [0.15, 0.2) is 11.0 Å². The van der Waals surface area contributed by atoms with Gasteiger partial charge in [0.2, 0.25) is 0 Å². The normalized spacial score (nSPS) is 11.6. The van der Waals surface area contributed by atoms with Gasteiger partial charge in [-0.25, -0.2) is 0 Å². The summed E-state index contributed by atoms with van der Waals surface area (Å²) in [6.45, 7) is 0. The minimum atomic E-state index is -4.36. The van der Waals surface area contributed by atoms with E-state index in [4.69, 9.17) is 0 Å². The van der Waals surface area contributed by atoms with Crippen LogP contribution in [0.2, 0.25) is 0 Å². The second-order valence-electron chi connectivity index (χ2n) is 6.33. The van der Waals surface area contributed by atoms with Gasteiger partial charge in [0.1, 0.15) is 0 Å². The number of para-hydroxylation sites is 1. The van der Waals surface area contributed by atoms with Crippen LogP contribution in [0.15, 0.2) is 90.1 Å². The van der Waals surface area contributed by atoms with Crippen LogP contribution >= 0.6 is 11.8 Å². The quantitative estimate of drug-likeness (QED) is 0.364. The minimum Gasteiger partial charge on any atom is -0.270 e. The molecule has 0 radical (unpaired) electrons. The minimum absolute atomic E-state index is 0.351. The highest BCUT2D eigenvalue weighted by Gasteiger charge is 2.30. The van der Waals surface area contributed by atoms with E-state index in [1.807, 2.05) is 65.2 Å². The van der Waals surface area contributed by atoms with Crippen molar-refractivity contribution < 1.29 is 13.2 Å². The molecule has 0 spiro atoms. The molecule has 0 saturated carbocycles. The zero-order valence-corrected chi connectivity index (χ0v) is 16.0. The number of rotatable bonds is 5. The first-order valence-electron chi connectivity index (χ1n) is 8.87. The van der Waals surface area contributed by atoms with Crippen molar-refractivity contribution in [3.05, 3.63) is 96.1 Å². The Kier molecular flexibility index (Phi) is 5.40. The Labute approximate surface area is 170 Å². The monoisotopic (exact) mass is 411 g/mol. The van der Waals surface area contributed by atoms with E-state index in [1.165, 1.54) is 23.9 Å². The van der Waals surface area contributed by atoms with Crippen molar-refractivity contribution in [1.29, 1.82) is 0 Å². The van der Waals surface area contributed by atoms with Gasteiger partial charge in [-0.05, 0) is 23.8 Å². The lowest BCUT2D eigenvalue weighted by molar-refractivity contribution is -0.137. The first-order valence-corrected chi connectivity index (χ1v) is 9.86. The Bertz CT molecular complexity index is 1090. The van der Waals surface area contributed by atoms with E-state index in [0.29, 0.717) is 22.3 Å². The SMILES string of the molecule is FC(F)(F)c1cccc(CSc2nnc(-c3ccccc3)n2-c2ccccc2)c1. The molecule has 0 fully saturated rings. The summed E-state index contributed by atoms with van der Waals surface area (Å²) in [6.07, 6.45) is -4.36. The van der Waals surface area contributed by atoms with E-state index in [2.05, 4.69) is 10.2 Å². The largest absolute Gasteiger partial charge is 0.416 e. The molecule has 0 aliphatic heterocycles. The molecule has 0 atom stereocenters. The first kappa shape index (κ1) is 19.3. The van der Waals surface area contributed by atoms with Gasteiger partial charge in [0, 0.05) is 17.0 Å². The average molecular weight is 411 g/mol. The molecule has 0 N–H and O–H groups in total. The lowest BCUT2D eigenvalue weighted by Crippen LogP contribution is -2.05. The highest BCUT2D eigenvalue weighted by Crippen LogP contribution is 2.32. The van der Waals surface area contributed by atoms with Crippen molar-refractivity contribution in [2.75, 3.05) is 0 Å². The molecule has 146 valence electrons. The topological polar surface area (TPSA) is 30.7 Å². The molecule has 4 aromatic rings. The maximum absolute atomic E-state index is 13.0. The zero-order chi connectivity index (χ0) is 20.3. The molecule has 0 aliphatic rings. The van der Waals surface area contributed by atoms with Gasteiger partial charge in [-0.1, -0.05) is 78.5 Å². The second-order valence-corrected chi connectivity index (χ2v) is 7.27. The van der Waals surface area contributed by atoms with Crippen molar-refractivity contribution in [3.8, 4) is 17.1 Å². The molecule has 1 heterocycles. The number of thioether (sulfide) groups is 1. The summed E-state index contributed by atoms with van der Waals surface area (Å²) in [6, 6.07) is 24.7. The van der Waals surface area contributed by atoms with Crippen LogP contribution in [0.5, 0.6) is 0 Å². The van der Waals surface area contributed by atoms with Gasteiger partial charge in [-0.3, -0.25) is 4.57 Å². The number of halogens is 3. The summed E-state index contributed by atoms with van der Waals surface area (Å²) < 4.78 is 40.8. The van der Waals surface area contributed by atoms with Gasteiger partial charge >= 0.3 is 6.18 Å². The van der Waals surface area contributed by atoms with Gasteiger partial charge in [0.25, 0.3) is 0 Å². The number of hydrogen-bond donors (Lipinski definition) is 0. The molecule has 0 unspecified atom stereocenters. The molecular formula is C22H16F3N3S. The van der Waals surface area contributed by atoms with Gasteiger partial charge in [-0.15, -0.1) is 10.2 Å². The van der Waals surface area contributed by atoms with Crippen molar-refractivity contribution in [3.63, 3.8) is 0 Å². The Morgan fingerprint density at radius 2 is 1.48 bits per heavy atom. The fourth-order valence-corrected chi connectivity index (χ4v) is 3.83. The molecule has 0 bridgehead atoms. The summed E-state index contributed by atoms with van der Waals surface area (Å²) >= 11 is 1.35. The molecule has 29 heavy (non-hydrogen) atoms. The van der Waals surface area contributed by atoms with Crippen LogP contribution in [0.1, 0.15) is 11.1 Å². The average Bonchev–Trinajstić information content (AvgIpc) is 3.17. The number of aromatic nitrogens is 3. The van der Waals surface area contributed by atoms with E-state index in [0.717, 1.165) is 17.3 Å². The number of alkyl halides is 3. The third-order valence-corrected chi connectivity index (χ3v) is 5.30. The predicted octanol–water partition coefficient (Wildman–Crippen LogP) is 6.25. The van der Waals surface area contributed by atoms with E-state index >= 15 is 0 Å². The third kappa shape index (κ3) is 4.35. The molecule has 0 saturated heterocycles. The van der Waals surface area contributed by atoms with Crippen LogP contribution in [-0.4, -0.2) is 14.8 Å². The van der Waals surface area contributed by atoms with E-state index < -0.39 is 11.7 Å². The first-order chi connectivity index (χ1) is 14.0. The molecule has 3 aromatic carbocycles. The van der Waals surface area contributed by atoms with Gasteiger partial charge in [-0.2, -0.15) is 13.2 Å². The van der Waals surface area contributed by atoms with Crippen molar-refractivity contribution >= 4 is 11.8 Å². The van der Waals surface area contributed by atoms with Crippen molar-refractivity contribution in [2.45, 2.75) is 17.1 Å². The molecule has 0 amide bonds.